The molecule has 0 spiro atoms. The summed E-state index contributed by atoms with van der Waals surface area (Å²) in [5.41, 5.74) is 3.45. The highest BCUT2D eigenvalue weighted by Crippen LogP contribution is 2.11. The second-order valence-electron chi connectivity index (χ2n) is 5.15. The molecule has 6 nitrogen and oxygen atoms in total. The first-order chi connectivity index (χ1) is 11.8. The van der Waals surface area contributed by atoms with E-state index in [1.165, 1.54) is 5.56 Å². The van der Waals surface area contributed by atoms with Crippen LogP contribution in [0.2, 0.25) is 0 Å². The topological polar surface area (TPSA) is 88.9 Å². The number of nitrogens with zero attached hydrogens (tertiary/aromatic N) is 3. The molecule has 7 heteroatoms. The van der Waals surface area contributed by atoms with Gasteiger partial charge in [0.15, 0.2) is 6.19 Å². The number of aromatic nitrogens is 2. The molecule has 0 radical (unpaired) electrons. The van der Waals surface area contributed by atoms with Crippen LogP contribution >= 0.6 is 11.8 Å². The molecule has 1 heterocycles. The number of benzene rings is 1. The third-order valence-corrected chi connectivity index (χ3v) is 4.37. The van der Waals surface area contributed by atoms with Gasteiger partial charge >= 0.3 is 0 Å². The molecule has 2 aromatic rings. The highest BCUT2D eigenvalue weighted by Gasteiger charge is 2.01. The van der Waals surface area contributed by atoms with Gasteiger partial charge in [-0.2, -0.15) is 17.0 Å². The second-order valence-corrected chi connectivity index (χ2v) is 6.25. The van der Waals surface area contributed by atoms with Crippen LogP contribution in [0.5, 0.6) is 0 Å². The van der Waals surface area contributed by atoms with Crippen LogP contribution in [0.3, 0.4) is 0 Å². The van der Waals surface area contributed by atoms with Gasteiger partial charge in [0, 0.05) is 23.7 Å². The van der Waals surface area contributed by atoms with Crippen molar-refractivity contribution in [1.82, 2.24) is 20.6 Å². The Balaban J connectivity index is 1.68. The van der Waals surface area contributed by atoms with Crippen LogP contribution in [-0.4, -0.2) is 34.8 Å². The normalized spacial score (nSPS) is 11.1. The number of nitrogens with one attached hydrogen (secondary N) is 3. The van der Waals surface area contributed by atoms with E-state index in [1.54, 1.807) is 18.1 Å². The molecule has 0 aliphatic carbocycles. The molecule has 0 atom stereocenters. The lowest BCUT2D eigenvalue weighted by molar-refractivity contribution is 0.837. The molecule has 126 valence electrons. The van der Waals surface area contributed by atoms with Gasteiger partial charge in [0.25, 0.3) is 0 Å². The number of guanidine groups is 1. The molecule has 0 amide bonds. The van der Waals surface area contributed by atoms with Gasteiger partial charge < -0.3 is 10.3 Å². The first-order valence-electron chi connectivity index (χ1n) is 7.83. The van der Waals surface area contributed by atoms with E-state index in [9.17, 15) is 0 Å². The maximum absolute atomic E-state index is 8.81. The van der Waals surface area contributed by atoms with E-state index in [2.05, 4.69) is 37.7 Å². The fourth-order valence-electron chi connectivity index (χ4n) is 2.09. The zero-order valence-electron chi connectivity index (χ0n) is 13.7. The predicted molar refractivity (Wildman–Crippen MR) is 98.7 cm³/mol. The summed E-state index contributed by atoms with van der Waals surface area (Å²) < 4.78 is 0. The number of H-pyrrole nitrogens is 1. The van der Waals surface area contributed by atoms with Crippen molar-refractivity contribution in [3.05, 3.63) is 53.6 Å². The minimum atomic E-state index is 0.534. The molecule has 0 aliphatic heterocycles. The monoisotopic (exact) mass is 342 g/mol. The molecule has 0 bridgehead atoms. The third-order valence-electron chi connectivity index (χ3n) is 3.41. The summed E-state index contributed by atoms with van der Waals surface area (Å²) in [4.78, 5) is 11.7. The summed E-state index contributed by atoms with van der Waals surface area (Å²) in [5, 5.41) is 14.6. The van der Waals surface area contributed by atoms with E-state index in [0.717, 1.165) is 35.9 Å². The quantitative estimate of drug-likeness (QED) is 0.225. The standard InChI is InChI=1S/C17H22N6S/c1-14-16(23-13-22-14)11-24-10-9-20-17(21-12-18)19-8-7-15-5-3-2-4-6-15/h2-6,13H,7-11H2,1H3,(H,22,23)(H2,19,20,21). The van der Waals surface area contributed by atoms with Gasteiger partial charge in [0.2, 0.25) is 5.96 Å². The van der Waals surface area contributed by atoms with Gasteiger partial charge in [-0.3, -0.25) is 10.3 Å². The fourth-order valence-corrected chi connectivity index (χ4v) is 2.96. The summed E-state index contributed by atoms with van der Waals surface area (Å²) in [6, 6.07) is 10.2. The molecule has 0 saturated heterocycles. The van der Waals surface area contributed by atoms with Crippen LogP contribution in [-0.2, 0) is 12.2 Å². The highest BCUT2D eigenvalue weighted by atomic mass is 32.2. The lowest BCUT2D eigenvalue weighted by Crippen LogP contribution is -2.36. The lowest BCUT2D eigenvalue weighted by Gasteiger charge is -2.08. The summed E-state index contributed by atoms with van der Waals surface area (Å²) in [5.74, 6) is 2.31. The van der Waals surface area contributed by atoms with Crippen molar-refractivity contribution in [2.24, 2.45) is 4.99 Å². The van der Waals surface area contributed by atoms with Crippen LogP contribution in [0.1, 0.15) is 17.0 Å². The first-order valence-corrected chi connectivity index (χ1v) is 8.99. The van der Waals surface area contributed by atoms with Crippen molar-refractivity contribution in [2.45, 2.75) is 19.1 Å². The molecule has 1 aromatic carbocycles. The predicted octanol–water partition coefficient (Wildman–Crippen LogP) is 2.21. The van der Waals surface area contributed by atoms with Crippen LogP contribution in [0, 0.1) is 18.4 Å². The number of imidazole rings is 1. The number of hydrogen-bond donors (Lipinski definition) is 3. The van der Waals surface area contributed by atoms with Gasteiger partial charge in [-0.15, -0.1) is 0 Å². The van der Waals surface area contributed by atoms with Gasteiger partial charge in [-0.05, 0) is 18.9 Å². The zero-order valence-corrected chi connectivity index (χ0v) is 14.6. The molecular formula is C17H22N6S. The van der Waals surface area contributed by atoms with Crippen LogP contribution in [0.15, 0.2) is 41.7 Å². The molecule has 0 fully saturated rings. The Hall–Kier alpha value is -2.46. The van der Waals surface area contributed by atoms with Crippen molar-refractivity contribution in [1.29, 1.82) is 5.26 Å². The third kappa shape index (κ3) is 6.34. The van der Waals surface area contributed by atoms with E-state index in [0.29, 0.717) is 12.5 Å². The molecule has 0 saturated carbocycles. The van der Waals surface area contributed by atoms with E-state index in [1.807, 2.05) is 31.3 Å². The molecule has 0 unspecified atom stereocenters. The molecule has 1 aromatic heterocycles. The molecule has 3 N–H and O–H groups in total. The van der Waals surface area contributed by atoms with E-state index in [-0.39, 0.29) is 0 Å². The number of aliphatic imine (C=N–C) groups is 1. The van der Waals surface area contributed by atoms with Crippen LogP contribution in [0.25, 0.3) is 0 Å². The number of hydrogen-bond acceptors (Lipinski definition) is 4. The number of thioether (sulfide) groups is 1. The lowest BCUT2D eigenvalue weighted by atomic mass is 10.1. The Morgan fingerprint density at radius 2 is 2.21 bits per heavy atom. The van der Waals surface area contributed by atoms with Gasteiger partial charge in [0.05, 0.1) is 18.6 Å². The number of aromatic amines is 1. The van der Waals surface area contributed by atoms with Crippen LogP contribution in [0.4, 0.5) is 0 Å². The number of aryl methyl sites for hydroxylation is 1. The molecule has 2 rings (SSSR count). The Labute approximate surface area is 146 Å². The smallest absolute Gasteiger partial charge is 0.204 e. The van der Waals surface area contributed by atoms with Gasteiger partial charge in [0.1, 0.15) is 0 Å². The minimum absolute atomic E-state index is 0.534. The van der Waals surface area contributed by atoms with Crippen molar-refractivity contribution >= 4 is 17.7 Å². The Bertz CT molecular complexity index is 674. The number of rotatable bonds is 8. The average Bonchev–Trinajstić information content (AvgIpc) is 3.00. The van der Waals surface area contributed by atoms with E-state index < -0.39 is 0 Å². The minimum Gasteiger partial charge on any atom is -0.355 e. The second kappa shape index (κ2) is 10.3. The van der Waals surface area contributed by atoms with Crippen molar-refractivity contribution in [3.63, 3.8) is 0 Å². The summed E-state index contributed by atoms with van der Waals surface area (Å²) in [6.07, 6.45) is 4.53. The summed E-state index contributed by atoms with van der Waals surface area (Å²) in [6.45, 7) is 3.38. The Morgan fingerprint density at radius 1 is 1.38 bits per heavy atom. The zero-order chi connectivity index (χ0) is 17.0. The van der Waals surface area contributed by atoms with E-state index >= 15 is 0 Å². The largest absolute Gasteiger partial charge is 0.355 e. The SMILES string of the molecule is Cc1nc[nH]c1CSCC/N=C(\NC#N)NCCc1ccccc1. The first kappa shape index (κ1) is 17.9. The molecular weight excluding hydrogens is 320 g/mol. The maximum Gasteiger partial charge on any atom is 0.204 e. The van der Waals surface area contributed by atoms with Crippen molar-refractivity contribution in [3.8, 4) is 6.19 Å². The van der Waals surface area contributed by atoms with Crippen molar-refractivity contribution < 1.29 is 0 Å². The van der Waals surface area contributed by atoms with Gasteiger partial charge in [-0.25, -0.2) is 4.98 Å². The van der Waals surface area contributed by atoms with Gasteiger partial charge in [-0.1, -0.05) is 30.3 Å². The fraction of sp³-hybridized carbons (Fsp3) is 0.353. The van der Waals surface area contributed by atoms with Crippen molar-refractivity contribution in [2.75, 3.05) is 18.8 Å². The summed E-state index contributed by atoms with van der Waals surface area (Å²) >= 11 is 1.79. The Morgan fingerprint density at radius 3 is 2.92 bits per heavy atom. The molecule has 0 aliphatic rings. The average molecular weight is 342 g/mol. The molecule has 24 heavy (non-hydrogen) atoms. The van der Waals surface area contributed by atoms with E-state index in [4.69, 9.17) is 5.26 Å². The Kier molecular flexibility index (Phi) is 7.71. The summed E-state index contributed by atoms with van der Waals surface area (Å²) in [7, 11) is 0. The van der Waals surface area contributed by atoms with Crippen LogP contribution < -0.4 is 10.6 Å². The highest BCUT2D eigenvalue weighted by molar-refractivity contribution is 7.98. The maximum atomic E-state index is 8.81. The number of nitriles is 1.